The van der Waals surface area contributed by atoms with Crippen LogP contribution in [0.2, 0.25) is 0 Å². The van der Waals surface area contributed by atoms with Crippen molar-refractivity contribution >= 4 is 0 Å². The van der Waals surface area contributed by atoms with Crippen LogP contribution >= 0.6 is 0 Å². The van der Waals surface area contributed by atoms with Gasteiger partial charge in [0, 0.05) is 45.3 Å². The highest BCUT2D eigenvalue weighted by molar-refractivity contribution is 5.27. The van der Waals surface area contributed by atoms with E-state index in [2.05, 4.69) is 69.3 Å². The Morgan fingerprint density at radius 2 is 1.45 bits per heavy atom. The smallest absolute Gasteiger partial charge is 0.118 e. The van der Waals surface area contributed by atoms with E-state index in [-0.39, 0.29) is 0 Å². The van der Waals surface area contributed by atoms with E-state index in [1.54, 1.807) is 7.11 Å². The number of hydrogen-bond donors (Lipinski definition) is 0. The van der Waals surface area contributed by atoms with E-state index < -0.39 is 0 Å². The third-order valence-electron chi connectivity index (χ3n) is 6.61. The van der Waals surface area contributed by atoms with E-state index in [9.17, 15) is 0 Å². The Morgan fingerprint density at radius 1 is 0.759 bits per heavy atom. The summed E-state index contributed by atoms with van der Waals surface area (Å²) in [4.78, 5) is 8.00. The van der Waals surface area contributed by atoms with Crippen molar-refractivity contribution in [2.24, 2.45) is 0 Å². The van der Waals surface area contributed by atoms with Gasteiger partial charge in [0.15, 0.2) is 0 Å². The average Bonchev–Trinajstić information content (AvgIpc) is 2.80. The lowest BCUT2D eigenvalue weighted by Gasteiger charge is -2.43. The van der Waals surface area contributed by atoms with Crippen molar-refractivity contribution in [2.75, 3.05) is 52.9 Å². The predicted molar refractivity (Wildman–Crippen MR) is 119 cm³/mol. The molecule has 0 atom stereocenters. The lowest BCUT2D eigenvalue weighted by atomic mass is 10.0. The topological polar surface area (TPSA) is 19.0 Å². The molecule has 0 N–H and O–H groups in total. The molecule has 0 aromatic heterocycles. The maximum absolute atomic E-state index is 5.25. The van der Waals surface area contributed by atoms with Crippen molar-refractivity contribution in [1.29, 1.82) is 0 Å². The van der Waals surface area contributed by atoms with Crippen LogP contribution < -0.4 is 4.74 Å². The fourth-order valence-electron chi connectivity index (χ4n) is 4.72. The molecule has 2 aromatic carbocycles. The Kier molecular flexibility index (Phi) is 7.20. The van der Waals surface area contributed by atoms with Crippen LogP contribution in [0.5, 0.6) is 5.75 Å². The first-order valence-electron chi connectivity index (χ1n) is 11.2. The Hall–Kier alpha value is -1.88. The van der Waals surface area contributed by atoms with Crippen molar-refractivity contribution < 1.29 is 4.74 Å². The summed E-state index contributed by atoms with van der Waals surface area (Å²) in [5, 5.41) is 0. The summed E-state index contributed by atoms with van der Waals surface area (Å²) in [5.74, 6) is 0.943. The van der Waals surface area contributed by atoms with Crippen molar-refractivity contribution in [3.05, 3.63) is 65.7 Å². The minimum absolute atomic E-state index is 0.783. The Balaban J connectivity index is 1.15. The number of piperidine rings is 1. The first-order valence-corrected chi connectivity index (χ1v) is 11.2. The summed E-state index contributed by atoms with van der Waals surface area (Å²) < 4.78 is 5.25. The van der Waals surface area contributed by atoms with Gasteiger partial charge in [0.2, 0.25) is 0 Å². The second-order valence-corrected chi connectivity index (χ2v) is 8.47. The fraction of sp³-hybridized carbons (Fsp3) is 0.520. The molecule has 2 saturated heterocycles. The van der Waals surface area contributed by atoms with Gasteiger partial charge in [-0.05, 0) is 55.6 Å². The van der Waals surface area contributed by atoms with Crippen molar-refractivity contribution in [2.45, 2.75) is 31.8 Å². The summed E-state index contributed by atoms with van der Waals surface area (Å²) in [6, 6.07) is 20.2. The number of hydrogen-bond acceptors (Lipinski definition) is 4. The molecule has 0 saturated carbocycles. The van der Waals surface area contributed by atoms with Crippen LogP contribution in [0.1, 0.15) is 24.0 Å². The molecule has 2 aliphatic rings. The molecular formula is C25H35N3O. The first kappa shape index (κ1) is 20.4. The molecule has 4 rings (SSSR count). The molecule has 0 aliphatic carbocycles. The van der Waals surface area contributed by atoms with Gasteiger partial charge in [-0.25, -0.2) is 0 Å². The molecule has 29 heavy (non-hydrogen) atoms. The van der Waals surface area contributed by atoms with Crippen LogP contribution in [-0.4, -0.2) is 73.7 Å². The number of ether oxygens (including phenoxy) is 1. The Morgan fingerprint density at radius 3 is 2.10 bits per heavy atom. The molecule has 0 amide bonds. The van der Waals surface area contributed by atoms with E-state index in [0.29, 0.717) is 0 Å². The van der Waals surface area contributed by atoms with Crippen LogP contribution in [0, 0.1) is 0 Å². The molecule has 2 heterocycles. The lowest BCUT2D eigenvalue weighted by Crippen LogP contribution is -2.53. The van der Waals surface area contributed by atoms with E-state index in [1.807, 2.05) is 0 Å². The third-order valence-corrected chi connectivity index (χ3v) is 6.61. The molecule has 4 nitrogen and oxygen atoms in total. The van der Waals surface area contributed by atoms with Crippen LogP contribution in [0.25, 0.3) is 0 Å². The fourth-order valence-corrected chi connectivity index (χ4v) is 4.72. The summed E-state index contributed by atoms with van der Waals surface area (Å²) in [5.41, 5.74) is 2.84. The standard InChI is InChI=1S/C25H35N3O/c1-29-25-9-7-22(8-10-25)11-14-26-15-12-24(13-16-26)28-19-17-27(18-20-28)21-23-5-3-2-4-6-23/h2-10,24H,11-21H2,1H3. The Labute approximate surface area is 176 Å². The molecular weight excluding hydrogens is 358 g/mol. The zero-order valence-corrected chi connectivity index (χ0v) is 17.8. The number of likely N-dealkylation sites (tertiary alicyclic amines) is 1. The van der Waals surface area contributed by atoms with Gasteiger partial charge < -0.3 is 9.64 Å². The number of methoxy groups -OCH3 is 1. The molecule has 0 bridgehead atoms. The highest BCUT2D eigenvalue weighted by atomic mass is 16.5. The SMILES string of the molecule is COc1ccc(CCN2CCC(N3CCN(Cc4ccccc4)CC3)CC2)cc1. The van der Waals surface area contributed by atoms with Crippen molar-refractivity contribution in [3.8, 4) is 5.75 Å². The van der Waals surface area contributed by atoms with E-state index in [4.69, 9.17) is 4.74 Å². The number of rotatable bonds is 7. The quantitative estimate of drug-likeness (QED) is 0.716. The predicted octanol–water partition coefficient (Wildman–Crippen LogP) is 3.52. The first-order chi connectivity index (χ1) is 14.3. The molecule has 0 spiro atoms. The molecule has 2 aromatic rings. The monoisotopic (exact) mass is 393 g/mol. The zero-order valence-electron chi connectivity index (χ0n) is 17.8. The number of piperazine rings is 1. The van der Waals surface area contributed by atoms with Crippen LogP contribution in [-0.2, 0) is 13.0 Å². The third kappa shape index (κ3) is 5.81. The lowest BCUT2D eigenvalue weighted by molar-refractivity contribution is 0.0569. The molecule has 0 radical (unpaired) electrons. The number of nitrogens with zero attached hydrogens (tertiary/aromatic N) is 3. The van der Waals surface area contributed by atoms with Gasteiger partial charge in [-0.3, -0.25) is 9.80 Å². The van der Waals surface area contributed by atoms with Gasteiger partial charge in [-0.1, -0.05) is 42.5 Å². The Bertz CT molecular complexity index is 717. The van der Waals surface area contributed by atoms with Crippen molar-refractivity contribution in [3.63, 3.8) is 0 Å². The van der Waals surface area contributed by atoms with Gasteiger partial charge in [-0.15, -0.1) is 0 Å². The summed E-state index contributed by atoms with van der Waals surface area (Å²) in [6.45, 7) is 9.60. The van der Waals surface area contributed by atoms with Crippen LogP contribution in [0.3, 0.4) is 0 Å². The van der Waals surface area contributed by atoms with Gasteiger partial charge in [0.05, 0.1) is 7.11 Å². The normalized spacial score (nSPS) is 20.0. The van der Waals surface area contributed by atoms with Gasteiger partial charge in [0.25, 0.3) is 0 Å². The maximum Gasteiger partial charge on any atom is 0.118 e. The highest BCUT2D eigenvalue weighted by Crippen LogP contribution is 2.20. The van der Waals surface area contributed by atoms with Crippen molar-refractivity contribution in [1.82, 2.24) is 14.7 Å². The second-order valence-electron chi connectivity index (χ2n) is 8.47. The van der Waals surface area contributed by atoms with E-state index >= 15 is 0 Å². The largest absolute Gasteiger partial charge is 0.497 e. The minimum Gasteiger partial charge on any atom is -0.497 e. The minimum atomic E-state index is 0.783. The summed E-state index contributed by atoms with van der Waals surface area (Å²) in [7, 11) is 1.72. The molecule has 2 fully saturated rings. The maximum atomic E-state index is 5.25. The summed E-state index contributed by atoms with van der Waals surface area (Å²) >= 11 is 0. The molecule has 2 aliphatic heterocycles. The highest BCUT2D eigenvalue weighted by Gasteiger charge is 2.27. The van der Waals surface area contributed by atoms with E-state index in [0.717, 1.165) is 24.8 Å². The van der Waals surface area contributed by atoms with Gasteiger partial charge >= 0.3 is 0 Å². The number of benzene rings is 2. The average molecular weight is 394 g/mol. The zero-order chi connectivity index (χ0) is 19.9. The molecule has 0 unspecified atom stereocenters. The van der Waals surface area contributed by atoms with E-state index in [1.165, 1.54) is 69.8 Å². The van der Waals surface area contributed by atoms with Crippen LogP contribution in [0.4, 0.5) is 0 Å². The summed E-state index contributed by atoms with van der Waals surface area (Å²) in [6.07, 6.45) is 3.77. The van der Waals surface area contributed by atoms with Crippen LogP contribution in [0.15, 0.2) is 54.6 Å². The van der Waals surface area contributed by atoms with Gasteiger partial charge in [0.1, 0.15) is 5.75 Å². The molecule has 4 heteroatoms. The molecule has 156 valence electrons. The van der Waals surface area contributed by atoms with Gasteiger partial charge in [-0.2, -0.15) is 0 Å². The second kappa shape index (κ2) is 10.2.